The van der Waals surface area contributed by atoms with Crippen molar-refractivity contribution < 1.29 is 9.47 Å². The molecule has 1 heterocycles. The highest BCUT2D eigenvalue weighted by atomic mass is 79.9. The largest absolute Gasteiger partial charge is 0.489 e. The maximum atomic E-state index is 6.04. The van der Waals surface area contributed by atoms with E-state index in [1.54, 1.807) is 11.3 Å². The SMILES string of the molecule is Brc1nc(-c2cc(OCc3ccccc3)cc(OCc3ccccc3)c2)cs1. The molecule has 0 aliphatic heterocycles. The van der Waals surface area contributed by atoms with Gasteiger partial charge in [0.2, 0.25) is 0 Å². The minimum absolute atomic E-state index is 0.503. The quantitative estimate of drug-likeness (QED) is 0.312. The summed E-state index contributed by atoms with van der Waals surface area (Å²) in [5.41, 5.74) is 4.11. The van der Waals surface area contributed by atoms with Crippen molar-refractivity contribution in [1.29, 1.82) is 0 Å². The number of nitrogens with zero attached hydrogens (tertiary/aromatic N) is 1. The average molecular weight is 452 g/mol. The van der Waals surface area contributed by atoms with E-state index in [2.05, 4.69) is 20.9 Å². The number of aromatic nitrogens is 1. The van der Waals surface area contributed by atoms with Crippen molar-refractivity contribution in [1.82, 2.24) is 4.98 Å². The van der Waals surface area contributed by atoms with Gasteiger partial charge >= 0.3 is 0 Å². The molecule has 3 aromatic carbocycles. The molecule has 0 unspecified atom stereocenters. The zero-order valence-electron chi connectivity index (χ0n) is 15.0. The van der Waals surface area contributed by atoms with Gasteiger partial charge in [0, 0.05) is 17.0 Å². The maximum Gasteiger partial charge on any atom is 0.159 e. The van der Waals surface area contributed by atoms with Crippen LogP contribution >= 0.6 is 27.3 Å². The Morgan fingerprint density at radius 1 is 0.750 bits per heavy atom. The number of rotatable bonds is 7. The molecule has 0 saturated heterocycles. The van der Waals surface area contributed by atoms with Crippen molar-refractivity contribution in [2.75, 3.05) is 0 Å². The van der Waals surface area contributed by atoms with E-state index in [1.807, 2.05) is 84.2 Å². The molecule has 0 aliphatic carbocycles. The minimum Gasteiger partial charge on any atom is -0.489 e. The Kier molecular flexibility index (Phi) is 6.04. The fourth-order valence-electron chi connectivity index (χ4n) is 2.75. The third-order valence-electron chi connectivity index (χ3n) is 4.15. The molecule has 4 aromatic rings. The van der Waals surface area contributed by atoms with E-state index in [-0.39, 0.29) is 0 Å². The van der Waals surface area contributed by atoms with Crippen molar-refractivity contribution in [3.63, 3.8) is 0 Å². The van der Waals surface area contributed by atoms with Gasteiger partial charge in [-0.3, -0.25) is 0 Å². The first kappa shape index (κ1) is 18.7. The zero-order valence-corrected chi connectivity index (χ0v) is 17.4. The molecule has 0 saturated carbocycles. The summed E-state index contributed by atoms with van der Waals surface area (Å²) in [5, 5.41) is 2.02. The third kappa shape index (κ3) is 5.00. The second-order valence-corrected chi connectivity index (χ2v) is 8.36. The molecule has 0 amide bonds. The smallest absolute Gasteiger partial charge is 0.159 e. The summed E-state index contributed by atoms with van der Waals surface area (Å²) in [6.07, 6.45) is 0. The summed E-state index contributed by atoms with van der Waals surface area (Å²) in [5.74, 6) is 1.52. The fraction of sp³-hybridized carbons (Fsp3) is 0.0870. The summed E-state index contributed by atoms with van der Waals surface area (Å²) in [4.78, 5) is 4.52. The molecule has 0 fully saturated rings. The van der Waals surface area contributed by atoms with Crippen LogP contribution in [0.1, 0.15) is 11.1 Å². The van der Waals surface area contributed by atoms with Gasteiger partial charge < -0.3 is 9.47 Å². The molecule has 4 rings (SSSR count). The van der Waals surface area contributed by atoms with Gasteiger partial charge in [0.15, 0.2) is 3.92 Å². The lowest BCUT2D eigenvalue weighted by Gasteiger charge is -2.12. The van der Waals surface area contributed by atoms with E-state index in [9.17, 15) is 0 Å². The topological polar surface area (TPSA) is 31.4 Å². The molecule has 0 N–H and O–H groups in total. The molecule has 5 heteroatoms. The second kappa shape index (κ2) is 9.04. The van der Waals surface area contributed by atoms with Crippen molar-refractivity contribution in [2.24, 2.45) is 0 Å². The Morgan fingerprint density at radius 2 is 1.29 bits per heavy atom. The normalized spacial score (nSPS) is 10.6. The van der Waals surface area contributed by atoms with E-state index >= 15 is 0 Å². The van der Waals surface area contributed by atoms with Gasteiger partial charge in [-0.1, -0.05) is 60.7 Å². The van der Waals surface area contributed by atoms with Crippen LogP contribution in [0, 0.1) is 0 Å². The van der Waals surface area contributed by atoms with Gasteiger partial charge in [0.25, 0.3) is 0 Å². The first-order chi connectivity index (χ1) is 13.8. The van der Waals surface area contributed by atoms with Gasteiger partial charge in [-0.2, -0.15) is 0 Å². The zero-order chi connectivity index (χ0) is 19.2. The number of hydrogen-bond acceptors (Lipinski definition) is 4. The van der Waals surface area contributed by atoms with Gasteiger partial charge in [0.05, 0.1) is 5.69 Å². The highest BCUT2D eigenvalue weighted by Crippen LogP contribution is 2.32. The summed E-state index contributed by atoms with van der Waals surface area (Å²) in [6.45, 7) is 1.01. The van der Waals surface area contributed by atoms with Crippen molar-refractivity contribution in [3.05, 3.63) is 99.3 Å². The second-order valence-electron chi connectivity index (χ2n) is 6.23. The lowest BCUT2D eigenvalue weighted by Crippen LogP contribution is -1.98. The standard InChI is InChI=1S/C23H18BrNO2S/c24-23-25-22(16-28-23)19-11-20(26-14-17-7-3-1-4-8-17)13-21(12-19)27-15-18-9-5-2-6-10-18/h1-13,16H,14-15H2. The van der Waals surface area contributed by atoms with Crippen LogP contribution in [0.4, 0.5) is 0 Å². The van der Waals surface area contributed by atoms with E-state index in [4.69, 9.17) is 9.47 Å². The molecule has 0 atom stereocenters. The van der Waals surface area contributed by atoms with Crippen LogP contribution in [-0.4, -0.2) is 4.98 Å². The lowest BCUT2D eigenvalue weighted by molar-refractivity contribution is 0.290. The van der Waals surface area contributed by atoms with Crippen molar-refractivity contribution >= 4 is 27.3 Å². The molecule has 1 aromatic heterocycles. The lowest BCUT2D eigenvalue weighted by atomic mass is 10.1. The number of halogens is 1. The Labute approximate surface area is 176 Å². The van der Waals surface area contributed by atoms with E-state index in [1.165, 1.54) is 0 Å². The summed E-state index contributed by atoms with van der Waals surface area (Å²) in [6, 6.07) is 26.2. The number of ether oxygens (including phenoxy) is 2. The Bertz CT molecular complexity index is 973. The summed E-state index contributed by atoms with van der Waals surface area (Å²) in [7, 11) is 0. The Morgan fingerprint density at radius 3 is 1.75 bits per heavy atom. The Hall–Kier alpha value is -2.63. The molecule has 0 radical (unpaired) electrons. The number of hydrogen-bond donors (Lipinski definition) is 0. The number of benzene rings is 3. The number of thiazole rings is 1. The van der Waals surface area contributed by atoms with Crippen LogP contribution in [0.25, 0.3) is 11.3 Å². The van der Waals surface area contributed by atoms with Crippen LogP contribution in [-0.2, 0) is 13.2 Å². The summed E-state index contributed by atoms with van der Waals surface area (Å²) >= 11 is 4.99. The molecule has 0 aliphatic rings. The van der Waals surface area contributed by atoms with E-state index in [0.29, 0.717) is 13.2 Å². The summed E-state index contributed by atoms with van der Waals surface area (Å²) < 4.78 is 12.9. The highest BCUT2D eigenvalue weighted by Gasteiger charge is 2.09. The molecule has 3 nitrogen and oxygen atoms in total. The maximum absolute atomic E-state index is 6.04. The van der Waals surface area contributed by atoms with Crippen LogP contribution in [0.15, 0.2) is 88.2 Å². The van der Waals surface area contributed by atoms with Gasteiger partial charge in [-0.25, -0.2) is 4.98 Å². The predicted octanol–water partition coefficient (Wildman–Crippen LogP) is 6.73. The third-order valence-corrected chi connectivity index (χ3v) is 5.51. The van der Waals surface area contributed by atoms with Gasteiger partial charge in [-0.05, 0) is 39.2 Å². The fourth-order valence-corrected chi connectivity index (χ4v) is 3.77. The monoisotopic (exact) mass is 451 g/mol. The first-order valence-corrected chi connectivity index (χ1v) is 10.5. The van der Waals surface area contributed by atoms with Crippen LogP contribution in [0.3, 0.4) is 0 Å². The Balaban J connectivity index is 1.57. The average Bonchev–Trinajstić information content (AvgIpc) is 3.19. The molecule has 0 spiro atoms. The highest BCUT2D eigenvalue weighted by molar-refractivity contribution is 9.11. The molecule has 28 heavy (non-hydrogen) atoms. The van der Waals surface area contributed by atoms with Gasteiger partial charge in [-0.15, -0.1) is 11.3 Å². The van der Waals surface area contributed by atoms with Crippen LogP contribution in [0.2, 0.25) is 0 Å². The van der Waals surface area contributed by atoms with Crippen molar-refractivity contribution in [2.45, 2.75) is 13.2 Å². The minimum atomic E-state index is 0.503. The predicted molar refractivity (Wildman–Crippen MR) is 117 cm³/mol. The van der Waals surface area contributed by atoms with Crippen LogP contribution in [0.5, 0.6) is 11.5 Å². The molecular formula is C23H18BrNO2S. The van der Waals surface area contributed by atoms with Crippen molar-refractivity contribution in [3.8, 4) is 22.8 Å². The molecular weight excluding hydrogens is 434 g/mol. The van der Waals surface area contributed by atoms with Crippen LogP contribution < -0.4 is 9.47 Å². The van der Waals surface area contributed by atoms with E-state index in [0.717, 1.165) is 37.8 Å². The first-order valence-electron chi connectivity index (χ1n) is 8.86. The van der Waals surface area contributed by atoms with E-state index < -0.39 is 0 Å². The molecule has 0 bridgehead atoms. The van der Waals surface area contributed by atoms with Gasteiger partial charge in [0.1, 0.15) is 24.7 Å². The molecule has 140 valence electrons.